The summed E-state index contributed by atoms with van der Waals surface area (Å²) in [5.41, 5.74) is 2.58. The summed E-state index contributed by atoms with van der Waals surface area (Å²) in [7, 11) is 0. The average molecular weight is 188 g/mol. The summed E-state index contributed by atoms with van der Waals surface area (Å²) in [5.74, 6) is 0.769. The van der Waals surface area contributed by atoms with Crippen LogP contribution in [0.25, 0.3) is 0 Å². The summed E-state index contributed by atoms with van der Waals surface area (Å²) < 4.78 is 0. The van der Waals surface area contributed by atoms with E-state index < -0.39 is 0 Å². The van der Waals surface area contributed by atoms with E-state index in [1.54, 1.807) is 0 Å². The highest BCUT2D eigenvalue weighted by atomic mass is 15.2. The van der Waals surface area contributed by atoms with E-state index in [0.717, 1.165) is 31.6 Å². The smallest absolute Gasteiger partial charge is 0.100 e. The highest BCUT2D eigenvalue weighted by Crippen LogP contribution is 2.25. The lowest BCUT2D eigenvalue weighted by atomic mass is 10.1. The molecule has 2 heteroatoms. The van der Waals surface area contributed by atoms with Gasteiger partial charge in [0.15, 0.2) is 0 Å². The first kappa shape index (κ1) is 9.25. The third kappa shape index (κ3) is 1.52. The topological polar surface area (TPSA) is 27.1 Å². The molecule has 0 aromatic heterocycles. The maximum atomic E-state index is 7.84. The van der Waals surface area contributed by atoms with E-state index in [0.29, 0.717) is 0 Å². The average Bonchev–Trinajstić information content (AvgIpc) is 2.64. The van der Waals surface area contributed by atoms with Crippen LogP contribution in [0.1, 0.15) is 25.3 Å². The van der Waals surface area contributed by atoms with Crippen LogP contribution in [0, 0.1) is 5.41 Å². The number of aryl methyl sites for hydroxylation is 1. The molecule has 1 aliphatic heterocycles. The van der Waals surface area contributed by atoms with Crippen molar-refractivity contribution in [2.24, 2.45) is 0 Å². The number of hydrogen-bond donors (Lipinski definition) is 1. The monoisotopic (exact) mass is 188 g/mol. The number of hydrogen-bond acceptors (Lipinski definition) is 1. The third-order valence-electron chi connectivity index (χ3n) is 2.78. The number of para-hydroxylation sites is 1. The number of anilines is 1. The molecule has 1 heterocycles. The summed E-state index contributed by atoms with van der Waals surface area (Å²) in [6.45, 7) is 3.17. The predicted molar refractivity (Wildman–Crippen MR) is 60.1 cm³/mol. The number of nitrogens with zero attached hydrogens (tertiary/aromatic N) is 1. The van der Waals surface area contributed by atoms with Gasteiger partial charge in [0, 0.05) is 18.7 Å². The Morgan fingerprint density at radius 2 is 2.14 bits per heavy atom. The van der Waals surface area contributed by atoms with Crippen molar-refractivity contribution in [3.63, 3.8) is 0 Å². The van der Waals surface area contributed by atoms with Crippen molar-refractivity contribution in [1.29, 1.82) is 5.41 Å². The molecule has 0 unspecified atom stereocenters. The number of nitrogens with one attached hydrogen (secondary N) is 1. The molecule has 0 atom stereocenters. The van der Waals surface area contributed by atoms with Crippen LogP contribution in [0.2, 0.25) is 0 Å². The van der Waals surface area contributed by atoms with E-state index in [-0.39, 0.29) is 0 Å². The molecule has 0 aliphatic carbocycles. The molecule has 0 amide bonds. The van der Waals surface area contributed by atoms with Gasteiger partial charge in [-0.2, -0.15) is 0 Å². The highest BCUT2D eigenvalue weighted by molar-refractivity contribution is 5.98. The van der Waals surface area contributed by atoms with Gasteiger partial charge in [-0.25, -0.2) is 0 Å². The Hall–Kier alpha value is -1.31. The molecule has 1 fully saturated rings. The van der Waals surface area contributed by atoms with Gasteiger partial charge in [0.25, 0.3) is 0 Å². The second-order valence-electron chi connectivity index (χ2n) is 3.68. The van der Waals surface area contributed by atoms with Crippen molar-refractivity contribution < 1.29 is 0 Å². The van der Waals surface area contributed by atoms with Gasteiger partial charge in [-0.05, 0) is 24.5 Å². The van der Waals surface area contributed by atoms with Crippen molar-refractivity contribution in [2.75, 3.05) is 11.4 Å². The third-order valence-corrected chi connectivity index (χ3v) is 2.78. The fourth-order valence-corrected chi connectivity index (χ4v) is 2.01. The fraction of sp³-hybridized carbons (Fsp3) is 0.417. The first-order chi connectivity index (χ1) is 6.83. The minimum atomic E-state index is 0.769. The van der Waals surface area contributed by atoms with Crippen molar-refractivity contribution in [3.8, 4) is 0 Å². The summed E-state index contributed by atoms with van der Waals surface area (Å²) in [4.78, 5) is 2.14. The maximum Gasteiger partial charge on any atom is 0.100 e. The molecule has 2 rings (SSSR count). The highest BCUT2D eigenvalue weighted by Gasteiger charge is 2.19. The maximum absolute atomic E-state index is 7.84. The van der Waals surface area contributed by atoms with Crippen LogP contribution in [0.3, 0.4) is 0 Å². The van der Waals surface area contributed by atoms with Crippen LogP contribution in [-0.2, 0) is 6.42 Å². The Morgan fingerprint density at radius 3 is 2.79 bits per heavy atom. The molecule has 1 aliphatic rings. The Kier molecular flexibility index (Phi) is 2.53. The van der Waals surface area contributed by atoms with E-state index in [9.17, 15) is 0 Å². The first-order valence-corrected chi connectivity index (χ1v) is 5.26. The number of amidine groups is 1. The van der Waals surface area contributed by atoms with Crippen molar-refractivity contribution in [3.05, 3.63) is 29.8 Å². The summed E-state index contributed by atoms with van der Waals surface area (Å²) in [5, 5.41) is 7.84. The van der Waals surface area contributed by atoms with Gasteiger partial charge in [0.05, 0.1) is 0 Å². The van der Waals surface area contributed by atoms with Gasteiger partial charge < -0.3 is 4.90 Å². The van der Waals surface area contributed by atoms with Crippen LogP contribution >= 0.6 is 0 Å². The Balaban J connectivity index is 2.35. The zero-order chi connectivity index (χ0) is 9.97. The largest absolute Gasteiger partial charge is 0.330 e. The zero-order valence-electron chi connectivity index (χ0n) is 8.59. The lowest BCUT2D eigenvalue weighted by Crippen LogP contribution is -2.24. The number of rotatable bonds is 2. The van der Waals surface area contributed by atoms with E-state index in [1.807, 2.05) is 0 Å². The lowest BCUT2D eigenvalue weighted by Gasteiger charge is -2.20. The van der Waals surface area contributed by atoms with Gasteiger partial charge in [-0.1, -0.05) is 25.1 Å². The first-order valence-electron chi connectivity index (χ1n) is 5.26. The second-order valence-corrected chi connectivity index (χ2v) is 3.68. The molecule has 1 aromatic carbocycles. The van der Waals surface area contributed by atoms with Gasteiger partial charge in [0.1, 0.15) is 5.84 Å². The van der Waals surface area contributed by atoms with Gasteiger partial charge >= 0.3 is 0 Å². The zero-order valence-corrected chi connectivity index (χ0v) is 8.59. The van der Waals surface area contributed by atoms with Gasteiger partial charge in [0.2, 0.25) is 0 Å². The Bertz CT molecular complexity index is 344. The molecular weight excluding hydrogens is 172 g/mol. The fourth-order valence-electron chi connectivity index (χ4n) is 2.01. The summed E-state index contributed by atoms with van der Waals surface area (Å²) in [6.07, 6.45) is 3.09. The van der Waals surface area contributed by atoms with E-state index in [1.165, 1.54) is 11.3 Å². The summed E-state index contributed by atoms with van der Waals surface area (Å²) in [6, 6.07) is 8.40. The molecule has 0 spiro atoms. The SMILES string of the molecule is CCc1ccccc1N1CCCC1=N. The lowest BCUT2D eigenvalue weighted by molar-refractivity contribution is 0.949. The van der Waals surface area contributed by atoms with E-state index in [4.69, 9.17) is 5.41 Å². The van der Waals surface area contributed by atoms with Gasteiger partial charge in [-0.3, -0.25) is 5.41 Å². The van der Waals surface area contributed by atoms with Crippen LogP contribution in [0.15, 0.2) is 24.3 Å². The standard InChI is InChI=1S/C12H16N2/c1-2-10-6-3-4-7-11(10)14-9-5-8-12(14)13/h3-4,6-7,13H,2,5,8-9H2,1H3. The molecule has 0 bridgehead atoms. The van der Waals surface area contributed by atoms with Crippen molar-refractivity contribution >= 4 is 11.5 Å². The molecular formula is C12H16N2. The molecule has 1 saturated heterocycles. The van der Waals surface area contributed by atoms with Crippen LogP contribution in [0.4, 0.5) is 5.69 Å². The molecule has 2 nitrogen and oxygen atoms in total. The molecule has 1 N–H and O–H groups in total. The minimum Gasteiger partial charge on any atom is -0.330 e. The molecule has 74 valence electrons. The van der Waals surface area contributed by atoms with Crippen LogP contribution in [-0.4, -0.2) is 12.4 Å². The van der Waals surface area contributed by atoms with Crippen LogP contribution in [0.5, 0.6) is 0 Å². The van der Waals surface area contributed by atoms with Gasteiger partial charge in [-0.15, -0.1) is 0 Å². The molecule has 1 aromatic rings. The molecule has 0 saturated carbocycles. The second kappa shape index (κ2) is 3.82. The molecule has 0 radical (unpaired) electrons. The minimum absolute atomic E-state index is 0.769. The molecule has 14 heavy (non-hydrogen) atoms. The Labute approximate surface area is 85.1 Å². The van der Waals surface area contributed by atoms with Crippen molar-refractivity contribution in [2.45, 2.75) is 26.2 Å². The Morgan fingerprint density at radius 1 is 1.36 bits per heavy atom. The normalized spacial score (nSPS) is 16.4. The van der Waals surface area contributed by atoms with Crippen LogP contribution < -0.4 is 4.90 Å². The van der Waals surface area contributed by atoms with E-state index >= 15 is 0 Å². The summed E-state index contributed by atoms with van der Waals surface area (Å²) >= 11 is 0. The van der Waals surface area contributed by atoms with E-state index in [2.05, 4.69) is 36.1 Å². The predicted octanol–water partition coefficient (Wildman–Crippen LogP) is 2.83. The quantitative estimate of drug-likeness (QED) is 0.759. The number of benzene rings is 1. The van der Waals surface area contributed by atoms with Crippen molar-refractivity contribution in [1.82, 2.24) is 0 Å².